The van der Waals surface area contributed by atoms with Crippen LogP contribution in [-0.2, 0) is 4.79 Å². The minimum Gasteiger partial charge on any atom is -0.314 e. The van der Waals surface area contributed by atoms with Crippen LogP contribution in [0.5, 0.6) is 0 Å². The van der Waals surface area contributed by atoms with Crippen LogP contribution in [-0.4, -0.2) is 23.5 Å². The number of carbonyl (C=O) groups is 1. The molecular weight excluding hydrogens is 214 g/mol. The highest BCUT2D eigenvalue weighted by molar-refractivity contribution is 5.89. The third-order valence-electron chi connectivity index (χ3n) is 3.06. The van der Waals surface area contributed by atoms with Gasteiger partial charge >= 0.3 is 0 Å². The summed E-state index contributed by atoms with van der Waals surface area (Å²) in [6.45, 7) is 3.07. The van der Waals surface area contributed by atoms with Crippen LogP contribution in [0.25, 0.3) is 0 Å². The maximum absolute atomic E-state index is 11.7. The van der Waals surface area contributed by atoms with E-state index in [-0.39, 0.29) is 5.91 Å². The van der Waals surface area contributed by atoms with Gasteiger partial charge in [0, 0.05) is 18.7 Å². The molecule has 0 aromatic carbocycles. The summed E-state index contributed by atoms with van der Waals surface area (Å²) in [5, 5.41) is 6.20. The summed E-state index contributed by atoms with van der Waals surface area (Å²) in [6, 6.07) is 4.30. The van der Waals surface area contributed by atoms with Crippen molar-refractivity contribution < 1.29 is 4.79 Å². The van der Waals surface area contributed by atoms with Crippen LogP contribution < -0.4 is 10.6 Å². The van der Waals surface area contributed by atoms with E-state index in [9.17, 15) is 4.79 Å². The summed E-state index contributed by atoms with van der Waals surface area (Å²) in [6.07, 6.45) is 5.65. The fourth-order valence-corrected chi connectivity index (χ4v) is 2.06. The van der Waals surface area contributed by atoms with Crippen LogP contribution in [0.15, 0.2) is 18.3 Å². The van der Waals surface area contributed by atoms with Gasteiger partial charge in [0.05, 0.1) is 0 Å². The van der Waals surface area contributed by atoms with Crippen molar-refractivity contribution in [1.29, 1.82) is 0 Å². The quantitative estimate of drug-likeness (QED) is 0.834. The lowest BCUT2D eigenvalue weighted by Gasteiger charge is -2.09. The molecule has 1 atom stereocenters. The van der Waals surface area contributed by atoms with E-state index in [0.717, 1.165) is 18.5 Å². The Morgan fingerprint density at radius 1 is 1.59 bits per heavy atom. The molecule has 0 aliphatic carbocycles. The molecule has 1 amide bonds. The Hall–Kier alpha value is -1.42. The van der Waals surface area contributed by atoms with Crippen molar-refractivity contribution in [2.45, 2.75) is 38.6 Å². The molecule has 92 valence electrons. The molecule has 1 unspecified atom stereocenters. The molecular formula is C13H19N3O. The minimum atomic E-state index is 0.0510. The average molecular weight is 233 g/mol. The van der Waals surface area contributed by atoms with E-state index in [2.05, 4.69) is 15.6 Å². The van der Waals surface area contributed by atoms with Crippen molar-refractivity contribution in [2.75, 3.05) is 11.9 Å². The average Bonchev–Trinajstić information content (AvgIpc) is 2.83. The van der Waals surface area contributed by atoms with E-state index in [4.69, 9.17) is 0 Å². The lowest BCUT2D eigenvalue weighted by molar-refractivity contribution is -0.116. The first-order valence-corrected chi connectivity index (χ1v) is 6.20. The predicted molar refractivity (Wildman–Crippen MR) is 67.9 cm³/mol. The summed E-state index contributed by atoms with van der Waals surface area (Å²) >= 11 is 0. The molecule has 0 radical (unpaired) electrons. The third kappa shape index (κ3) is 3.82. The maximum atomic E-state index is 11.7. The predicted octanol–water partition coefficient (Wildman–Crippen LogP) is 1.86. The molecule has 1 saturated heterocycles. The van der Waals surface area contributed by atoms with Gasteiger partial charge in [-0.1, -0.05) is 6.07 Å². The standard InChI is InChI=1S/C13H19N3O/c1-10-4-6-12(15-9-10)16-13(17)7-5-11-3-2-8-14-11/h4,6,9,11,14H,2-3,5,7-8H2,1H3,(H,15,16,17). The van der Waals surface area contributed by atoms with E-state index in [1.54, 1.807) is 6.20 Å². The summed E-state index contributed by atoms with van der Waals surface area (Å²) in [4.78, 5) is 15.8. The summed E-state index contributed by atoms with van der Waals surface area (Å²) in [5.74, 6) is 0.690. The number of hydrogen-bond donors (Lipinski definition) is 2. The van der Waals surface area contributed by atoms with E-state index >= 15 is 0 Å². The van der Waals surface area contributed by atoms with Crippen LogP contribution >= 0.6 is 0 Å². The molecule has 2 rings (SSSR count). The first kappa shape index (κ1) is 12.0. The Labute approximate surface area is 102 Å². The number of aromatic nitrogens is 1. The largest absolute Gasteiger partial charge is 0.314 e. The van der Waals surface area contributed by atoms with Gasteiger partial charge in [0.2, 0.25) is 5.91 Å². The van der Waals surface area contributed by atoms with Crippen LogP contribution in [0.4, 0.5) is 5.82 Å². The highest BCUT2D eigenvalue weighted by Crippen LogP contribution is 2.11. The van der Waals surface area contributed by atoms with Gasteiger partial charge in [-0.05, 0) is 44.4 Å². The molecule has 2 N–H and O–H groups in total. The number of amides is 1. The molecule has 4 nitrogen and oxygen atoms in total. The van der Waals surface area contributed by atoms with E-state index in [1.165, 1.54) is 12.8 Å². The highest BCUT2D eigenvalue weighted by atomic mass is 16.1. The monoisotopic (exact) mass is 233 g/mol. The maximum Gasteiger partial charge on any atom is 0.225 e. The molecule has 0 bridgehead atoms. The van der Waals surface area contributed by atoms with Crippen molar-refractivity contribution in [3.8, 4) is 0 Å². The van der Waals surface area contributed by atoms with Crippen molar-refractivity contribution in [2.24, 2.45) is 0 Å². The molecule has 1 fully saturated rings. The number of nitrogens with one attached hydrogen (secondary N) is 2. The van der Waals surface area contributed by atoms with E-state index < -0.39 is 0 Å². The molecule has 4 heteroatoms. The van der Waals surface area contributed by atoms with Crippen molar-refractivity contribution in [3.05, 3.63) is 23.9 Å². The second kappa shape index (κ2) is 5.77. The number of aryl methyl sites for hydroxylation is 1. The SMILES string of the molecule is Cc1ccc(NC(=O)CCC2CCCN2)nc1. The van der Waals surface area contributed by atoms with Gasteiger partial charge in [0.15, 0.2) is 0 Å². The summed E-state index contributed by atoms with van der Waals surface area (Å²) < 4.78 is 0. The van der Waals surface area contributed by atoms with E-state index in [1.807, 2.05) is 19.1 Å². The number of carbonyl (C=O) groups excluding carboxylic acids is 1. The number of pyridine rings is 1. The third-order valence-corrected chi connectivity index (χ3v) is 3.06. The fraction of sp³-hybridized carbons (Fsp3) is 0.538. The minimum absolute atomic E-state index is 0.0510. The second-order valence-corrected chi connectivity index (χ2v) is 4.60. The van der Waals surface area contributed by atoms with Gasteiger partial charge in [-0.3, -0.25) is 4.79 Å². The number of hydrogen-bond acceptors (Lipinski definition) is 3. The molecule has 1 aliphatic heterocycles. The summed E-state index contributed by atoms with van der Waals surface area (Å²) in [5.41, 5.74) is 1.10. The lowest BCUT2D eigenvalue weighted by Crippen LogP contribution is -2.23. The lowest BCUT2D eigenvalue weighted by atomic mass is 10.1. The molecule has 0 saturated carbocycles. The Morgan fingerprint density at radius 3 is 3.12 bits per heavy atom. The summed E-state index contributed by atoms with van der Waals surface area (Å²) in [7, 11) is 0. The Morgan fingerprint density at radius 2 is 2.47 bits per heavy atom. The van der Waals surface area contributed by atoms with Gasteiger partial charge in [0.1, 0.15) is 5.82 Å². The number of nitrogens with zero attached hydrogens (tertiary/aromatic N) is 1. The zero-order valence-corrected chi connectivity index (χ0v) is 10.2. The van der Waals surface area contributed by atoms with Gasteiger partial charge in [-0.25, -0.2) is 4.98 Å². The van der Waals surface area contributed by atoms with Crippen molar-refractivity contribution in [1.82, 2.24) is 10.3 Å². The molecule has 2 heterocycles. The first-order valence-electron chi connectivity index (χ1n) is 6.20. The molecule has 0 spiro atoms. The smallest absolute Gasteiger partial charge is 0.225 e. The Balaban J connectivity index is 1.74. The second-order valence-electron chi connectivity index (χ2n) is 4.60. The first-order chi connectivity index (χ1) is 8.24. The van der Waals surface area contributed by atoms with Crippen molar-refractivity contribution >= 4 is 11.7 Å². The molecule has 17 heavy (non-hydrogen) atoms. The number of rotatable bonds is 4. The van der Waals surface area contributed by atoms with Crippen molar-refractivity contribution in [3.63, 3.8) is 0 Å². The fourth-order valence-electron chi connectivity index (χ4n) is 2.06. The van der Waals surface area contributed by atoms with Crippen LogP contribution in [0.3, 0.4) is 0 Å². The van der Waals surface area contributed by atoms with Crippen LogP contribution in [0.1, 0.15) is 31.2 Å². The van der Waals surface area contributed by atoms with Crippen LogP contribution in [0, 0.1) is 6.92 Å². The Kier molecular flexibility index (Phi) is 4.09. The van der Waals surface area contributed by atoms with Gasteiger partial charge in [-0.2, -0.15) is 0 Å². The Bertz CT molecular complexity index is 369. The molecule has 1 aliphatic rings. The zero-order valence-electron chi connectivity index (χ0n) is 10.2. The highest BCUT2D eigenvalue weighted by Gasteiger charge is 2.15. The van der Waals surface area contributed by atoms with Gasteiger partial charge in [0.25, 0.3) is 0 Å². The normalized spacial score (nSPS) is 19.2. The molecule has 1 aromatic heterocycles. The van der Waals surface area contributed by atoms with E-state index in [0.29, 0.717) is 18.3 Å². The molecule has 1 aromatic rings. The number of anilines is 1. The van der Waals surface area contributed by atoms with Crippen LogP contribution in [0.2, 0.25) is 0 Å². The van der Waals surface area contributed by atoms with Gasteiger partial charge in [-0.15, -0.1) is 0 Å². The zero-order chi connectivity index (χ0) is 12.1. The topological polar surface area (TPSA) is 54.0 Å². The van der Waals surface area contributed by atoms with Gasteiger partial charge < -0.3 is 10.6 Å².